The molecule has 0 unspecified atom stereocenters. The lowest BCUT2D eigenvalue weighted by molar-refractivity contribution is -0.121. The number of nitrogens with two attached hydrogens (primary N) is 1. The number of carbonyl (C=O) groups excluding carboxylic acids is 1. The maximum absolute atomic E-state index is 11.1. The summed E-state index contributed by atoms with van der Waals surface area (Å²) in [4.78, 5) is 11.1. The predicted octanol–water partition coefficient (Wildman–Crippen LogP) is -0.386. The van der Waals surface area contributed by atoms with Crippen LogP contribution >= 0.6 is 0 Å². The number of rotatable bonds is 6. The molecule has 0 bridgehead atoms. The van der Waals surface area contributed by atoms with Gasteiger partial charge in [-0.3, -0.25) is 4.79 Å². The van der Waals surface area contributed by atoms with Gasteiger partial charge in [-0.05, 0) is 24.7 Å². The van der Waals surface area contributed by atoms with Crippen molar-refractivity contribution in [3.63, 3.8) is 0 Å². The van der Waals surface area contributed by atoms with Crippen molar-refractivity contribution in [2.24, 2.45) is 11.1 Å². The summed E-state index contributed by atoms with van der Waals surface area (Å²) in [6.45, 7) is 1.32. The number of aliphatic hydroxyl groups excluding tert-OH is 1. The van der Waals surface area contributed by atoms with E-state index in [1.54, 1.807) is 0 Å². The largest absolute Gasteiger partial charge is 0.396 e. The molecular weight excluding hydrogens is 168 g/mol. The molecule has 0 saturated heterocycles. The summed E-state index contributed by atoms with van der Waals surface area (Å²) >= 11 is 0. The first-order chi connectivity index (χ1) is 6.22. The van der Waals surface area contributed by atoms with Crippen LogP contribution in [-0.2, 0) is 4.79 Å². The third kappa shape index (κ3) is 3.32. The Balaban J connectivity index is 2.14. The minimum Gasteiger partial charge on any atom is -0.396 e. The highest BCUT2D eigenvalue weighted by Crippen LogP contribution is 2.47. The van der Waals surface area contributed by atoms with E-state index in [-0.39, 0.29) is 17.9 Å². The number of hydrogen-bond donors (Lipinski definition) is 3. The van der Waals surface area contributed by atoms with Crippen LogP contribution in [0.3, 0.4) is 0 Å². The van der Waals surface area contributed by atoms with Crippen LogP contribution < -0.4 is 11.1 Å². The lowest BCUT2D eigenvalue weighted by atomic mass is 10.0. The van der Waals surface area contributed by atoms with Crippen LogP contribution in [-0.4, -0.2) is 30.7 Å². The normalized spacial score (nSPS) is 18.3. The van der Waals surface area contributed by atoms with Crippen LogP contribution in [0, 0.1) is 5.41 Å². The van der Waals surface area contributed by atoms with Gasteiger partial charge in [0.05, 0.1) is 0 Å². The van der Waals surface area contributed by atoms with Crippen molar-refractivity contribution in [1.82, 2.24) is 5.32 Å². The van der Waals surface area contributed by atoms with Gasteiger partial charge in [0.15, 0.2) is 0 Å². The van der Waals surface area contributed by atoms with Crippen LogP contribution in [0.15, 0.2) is 0 Å². The van der Waals surface area contributed by atoms with Crippen molar-refractivity contribution in [2.75, 3.05) is 19.7 Å². The predicted molar refractivity (Wildman–Crippen MR) is 50.1 cm³/mol. The van der Waals surface area contributed by atoms with Gasteiger partial charge in [0.2, 0.25) is 5.91 Å². The SMILES string of the molecule is NCCC(=O)NCC1(CCO)CC1. The van der Waals surface area contributed by atoms with Gasteiger partial charge in [-0.25, -0.2) is 0 Å². The van der Waals surface area contributed by atoms with Gasteiger partial charge < -0.3 is 16.2 Å². The maximum atomic E-state index is 11.1. The summed E-state index contributed by atoms with van der Waals surface area (Å²) in [5, 5.41) is 11.6. The second-order valence-corrected chi connectivity index (χ2v) is 3.79. The number of nitrogens with one attached hydrogen (secondary N) is 1. The van der Waals surface area contributed by atoms with Crippen molar-refractivity contribution in [1.29, 1.82) is 0 Å². The summed E-state index contributed by atoms with van der Waals surface area (Å²) < 4.78 is 0. The Morgan fingerprint density at radius 2 is 2.23 bits per heavy atom. The highest BCUT2D eigenvalue weighted by atomic mass is 16.3. The Morgan fingerprint density at radius 3 is 2.69 bits per heavy atom. The molecular formula is C9H18N2O2. The summed E-state index contributed by atoms with van der Waals surface area (Å²) in [6.07, 6.45) is 3.44. The topological polar surface area (TPSA) is 75.4 Å². The third-order valence-corrected chi connectivity index (χ3v) is 2.63. The van der Waals surface area contributed by atoms with E-state index in [1.165, 1.54) is 0 Å². The second kappa shape index (κ2) is 4.58. The van der Waals surface area contributed by atoms with Crippen LogP contribution in [0.5, 0.6) is 0 Å². The lowest BCUT2D eigenvalue weighted by Gasteiger charge is -2.13. The molecule has 4 N–H and O–H groups in total. The molecule has 1 saturated carbocycles. The van der Waals surface area contributed by atoms with Crippen molar-refractivity contribution in [3.05, 3.63) is 0 Å². The Labute approximate surface area is 78.5 Å². The zero-order chi connectivity index (χ0) is 9.73. The molecule has 13 heavy (non-hydrogen) atoms. The van der Waals surface area contributed by atoms with E-state index in [0.717, 1.165) is 19.3 Å². The van der Waals surface area contributed by atoms with Crippen molar-refractivity contribution >= 4 is 5.91 Å². The monoisotopic (exact) mass is 186 g/mol. The Hall–Kier alpha value is -0.610. The molecule has 0 spiro atoms. The molecule has 4 heteroatoms. The zero-order valence-corrected chi connectivity index (χ0v) is 7.88. The van der Waals surface area contributed by atoms with Gasteiger partial charge in [-0.15, -0.1) is 0 Å². The third-order valence-electron chi connectivity index (χ3n) is 2.63. The summed E-state index contributed by atoms with van der Waals surface area (Å²) in [5.41, 5.74) is 5.45. The summed E-state index contributed by atoms with van der Waals surface area (Å²) in [7, 11) is 0. The van der Waals surface area contributed by atoms with Gasteiger partial charge in [0.1, 0.15) is 0 Å². The van der Waals surface area contributed by atoms with Crippen LogP contribution in [0.2, 0.25) is 0 Å². The van der Waals surface area contributed by atoms with E-state index in [4.69, 9.17) is 10.8 Å². The van der Waals surface area contributed by atoms with E-state index in [9.17, 15) is 4.79 Å². The first kappa shape index (κ1) is 10.5. The molecule has 0 atom stereocenters. The molecule has 0 aromatic heterocycles. The first-order valence-corrected chi connectivity index (χ1v) is 4.80. The Morgan fingerprint density at radius 1 is 1.54 bits per heavy atom. The van der Waals surface area contributed by atoms with Gasteiger partial charge >= 0.3 is 0 Å². The second-order valence-electron chi connectivity index (χ2n) is 3.79. The van der Waals surface area contributed by atoms with Gasteiger partial charge in [0, 0.05) is 26.1 Å². The molecule has 0 aromatic rings. The number of hydrogen-bond acceptors (Lipinski definition) is 3. The minimum absolute atomic E-state index is 0.0201. The smallest absolute Gasteiger partial charge is 0.221 e. The molecule has 76 valence electrons. The molecule has 0 radical (unpaired) electrons. The lowest BCUT2D eigenvalue weighted by Crippen LogP contribution is -2.31. The van der Waals surface area contributed by atoms with E-state index in [0.29, 0.717) is 19.5 Å². The molecule has 1 aliphatic carbocycles. The quantitative estimate of drug-likeness (QED) is 0.529. The number of aliphatic hydroxyl groups is 1. The van der Waals surface area contributed by atoms with E-state index >= 15 is 0 Å². The van der Waals surface area contributed by atoms with Crippen molar-refractivity contribution < 1.29 is 9.90 Å². The van der Waals surface area contributed by atoms with E-state index in [2.05, 4.69) is 5.32 Å². The fourth-order valence-corrected chi connectivity index (χ4v) is 1.43. The molecule has 1 fully saturated rings. The fraction of sp³-hybridized carbons (Fsp3) is 0.889. The Kier molecular flexibility index (Phi) is 3.69. The average Bonchev–Trinajstić information content (AvgIpc) is 2.84. The molecule has 0 aliphatic heterocycles. The van der Waals surface area contributed by atoms with Crippen LogP contribution in [0.1, 0.15) is 25.7 Å². The van der Waals surface area contributed by atoms with Crippen LogP contribution in [0.25, 0.3) is 0 Å². The average molecular weight is 186 g/mol. The van der Waals surface area contributed by atoms with Crippen molar-refractivity contribution in [2.45, 2.75) is 25.7 Å². The zero-order valence-electron chi connectivity index (χ0n) is 7.88. The molecule has 4 nitrogen and oxygen atoms in total. The minimum atomic E-state index is 0.0201. The van der Waals surface area contributed by atoms with Crippen molar-refractivity contribution in [3.8, 4) is 0 Å². The number of carbonyl (C=O) groups is 1. The van der Waals surface area contributed by atoms with Gasteiger partial charge in [-0.1, -0.05) is 0 Å². The van der Waals surface area contributed by atoms with E-state index in [1.807, 2.05) is 0 Å². The highest BCUT2D eigenvalue weighted by Gasteiger charge is 2.41. The van der Waals surface area contributed by atoms with Gasteiger partial charge in [-0.2, -0.15) is 0 Å². The molecule has 1 amide bonds. The molecule has 0 heterocycles. The number of amides is 1. The molecule has 1 rings (SSSR count). The first-order valence-electron chi connectivity index (χ1n) is 4.80. The molecule has 0 aromatic carbocycles. The maximum Gasteiger partial charge on any atom is 0.221 e. The van der Waals surface area contributed by atoms with E-state index < -0.39 is 0 Å². The summed E-state index contributed by atoms with van der Waals surface area (Å²) in [5.74, 6) is 0.0201. The Bertz CT molecular complexity index is 178. The molecule has 1 aliphatic rings. The van der Waals surface area contributed by atoms with Crippen LogP contribution in [0.4, 0.5) is 0 Å². The standard InChI is InChI=1S/C9H18N2O2/c10-5-1-8(13)11-7-9(2-3-9)4-6-12/h12H,1-7,10H2,(H,11,13). The highest BCUT2D eigenvalue weighted by molar-refractivity contribution is 5.76. The van der Waals surface area contributed by atoms with Gasteiger partial charge in [0.25, 0.3) is 0 Å². The fourth-order valence-electron chi connectivity index (χ4n) is 1.43. The summed E-state index contributed by atoms with van der Waals surface area (Å²) in [6, 6.07) is 0.